The maximum Gasteiger partial charge on any atom is 0.306 e. The first kappa shape index (κ1) is 18.5. The van der Waals surface area contributed by atoms with E-state index in [2.05, 4.69) is 4.98 Å². The minimum Gasteiger partial charge on any atom is -0.488 e. The molecule has 0 aliphatic carbocycles. The highest BCUT2D eigenvalue weighted by Crippen LogP contribution is 2.34. The second-order valence-electron chi connectivity index (χ2n) is 5.25. The molecule has 0 bridgehead atoms. The standard InChI is InChI=1S/C16H18ClNO5S/c1-9(16(20)21)6-11(19)14-7-10-13(24-14)8-12(15(18-10)22-2)23-5-3-4-17/h7-9H,3-6H2,1-2H3,(H,20,21)/t9-/m0/s1. The Morgan fingerprint density at radius 1 is 1.42 bits per heavy atom. The number of nitrogens with zero attached hydrogens (tertiary/aromatic N) is 1. The highest BCUT2D eigenvalue weighted by molar-refractivity contribution is 7.20. The van der Waals surface area contributed by atoms with Gasteiger partial charge in [-0.15, -0.1) is 22.9 Å². The van der Waals surface area contributed by atoms with Gasteiger partial charge in [-0.3, -0.25) is 9.59 Å². The van der Waals surface area contributed by atoms with Crippen LogP contribution in [0.3, 0.4) is 0 Å². The number of aliphatic carboxylic acids is 1. The summed E-state index contributed by atoms with van der Waals surface area (Å²) in [4.78, 5) is 27.9. The fraction of sp³-hybridized carbons (Fsp3) is 0.438. The summed E-state index contributed by atoms with van der Waals surface area (Å²) in [6, 6.07) is 3.43. The van der Waals surface area contributed by atoms with Crippen molar-refractivity contribution >= 4 is 44.9 Å². The lowest BCUT2D eigenvalue weighted by Crippen LogP contribution is -2.13. The van der Waals surface area contributed by atoms with Crippen LogP contribution >= 0.6 is 22.9 Å². The lowest BCUT2D eigenvalue weighted by Gasteiger charge is -2.08. The SMILES string of the molecule is COc1nc2cc(C(=O)C[C@H](C)C(=O)O)sc2cc1OCCCCl. The van der Waals surface area contributed by atoms with Crippen LogP contribution in [0.25, 0.3) is 10.2 Å². The van der Waals surface area contributed by atoms with E-state index < -0.39 is 11.9 Å². The fourth-order valence-electron chi connectivity index (χ4n) is 2.02. The van der Waals surface area contributed by atoms with Gasteiger partial charge in [0.15, 0.2) is 11.5 Å². The van der Waals surface area contributed by atoms with Gasteiger partial charge in [0, 0.05) is 18.4 Å². The van der Waals surface area contributed by atoms with E-state index in [0.717, 1.165) is 4.70 Å². The molecule has 2 heterocycles. The maximum absolute atomic E-state index is 12.2. The molecule has 0 radical (unpaired) electrons. The third kappa shape index (κ3) is 4.36. The summed E-state index contributed by atoms with van der Waals surface area (Å²) in [5.41, 5.74) is 0.618. The van der Waals surface area contributed by atoms with E-state index in [1.807, 2.05) is 0 Å². The van der Waals surface area contributed by atoms with Crippen LogP contribution in [-0.2, 0) is 4.79 Å². The van der Waals surface area contributed by atoms with Crippen molar-refractivity contribution in [2.45, 2.75) is 19.8 Å². The van der Waals surface area contributed by atoms with Gasteiger partial charge in [0.05, 0.1) is 34.7 Å². The van der Waals surface area contributed by atoms with Crippen LogP contribution in [0.15, 0.2) is 12.1 Å². The summed E-state index contributed by atoms with van der Waals surface area (Å²) in [5.74, 6) is -0.588. The number of fused-ring (bicyclic) bond motifs is 1. The molecule has 6 nitrogen and oxygen atoms in total. The predicted octanol–water partition coefficient (Wildman–Crippen LogP) is 3.61. The van der Waals surface area contributed by atoms with E-state index in [4.69, 9.17) is 26.2 Å². The molecular formula is C16H18ClNO5S. The number of methoxy groups -OCH3 is 1. The number of carbonyl (C=O) groups is 2. The number of ketones is 1. The van der Waals surface area contributed by atoms with Crippen LogP contribution in [0.1, 0.15) is 29.4 Å². The van der Waals surface area contributed by atoms with Gasteiger partial charge in [0.2, 0.25) is 0 Å². The Hall–Kier alpha value is -1.86. The minimum absolute atomic E-state index is 0.0433. The molecule has 0 aliphatic heterocycles. The molecule has 0 saturated heterocycles. The van der Waals surface area contributed by atoms with Crippen molar-refractivity contribution in [3.63, 3.8) is 0 Å². The van der Waals surface area contributed by atoms with Gasteiger partial charge in [0.1, 0.15) is 0 Å². The van der Waals surface area contributed by atoms with E-state index in [-0.39, 0.29) is 12.2 Å². The molecule has 24 heavy (non-hydrogen) atoms. The number of carboxylic acids is 1. The fourth-order valence-corrected chi connectivity index (χ4v) is 3.11. The third-order valence-electron chi connectivity index (χ3n) is 3.35. The van der Waals surface area contributed by atoms with Crippen LogP contribution in [0, 0.1) is 5.92 Å². The molecule has 0 spiro atoms. The molecule has 130 valence electrons. The van der Waals surface area contributed by atoms with Crippen LogP contribution < -0.4 is 9.47 Å². The Morgan fingerprint density at radius 3 is 2.79 bits per heavy atom. The van der Waals surface area contributed by atoms with E-state index in [1.165, 1.54) is 25.4 Å². The van der Waals surface area contributed by atoms with Crippen molar-refractivity contribution in [1.29, 1.82) is 0 Å². The number of rotatable bonds is 9. The summed E-state index contributed by atoms with van der Waals surface area (Å²) >= 11 is 6.90. The Labute approximate surface area is 148 Å². The molecule has 0 saturated carbocycles. The molecule has 0 fully saturated rings. The Morgan fingerprint density at radius 2 is 2.17 bits per heavy atom. The number of aromatic nitrogens is 1. The predicted molar refractivity (Wildman–Crippen MR) is 92.8 cm³/mol. The number of halogens is 1. The summed E-state index contributed by atoms with van der Waals surface area (Å²) < 4.78 is 11.6. The molecule has 2 aromatic rings. The normalized spacial score (nSPS) is 12.1. The monoisotopic (exact) mass is 371 g/mol. The molecule has 0 aliphatic rings. The van der Waals surface area contributed by atoms with Crippen molar-refractivity contribution in [2.75, 3.05) is 19.6 Å². The molecule has 2 rings (SSSR count). The third-order valence-corrected chi connectivity index (χ3v) is 4.73. The zero-order valence-corrected chi connectivity index (χ0v) is 14.9. The molecule has 2 aromatic heterocycles. The second kappa shape index (κ2) is 8.30. The lowest BCUT2D eigenvalue weighted by molar-refractivity contribution is -0.141. The van der Waals surface area contributed by atoms with E-state index in [9.17, 15) is 9.59 Å². The molecule has 1 N–H and O–H groups in total. The Kier molecular flexibility index (Phi) is 6.39. The van der Waals surface area contributed by atoms with Gasteiger partial charge in [0.25, 0.3) is 5.88 Å². The van der Waals surface area contributed by atoms with Crippen molar-refractivity contribution in [1.82, 2.24) is 4.98 Å². The van der Waals surface area contributed by atoms with Crippen LogP contribution in [0.4, 0.5) is 0 Å². The van der Waals surface area contributed by atoms with Crippen molar-refractivity contribution < 1.29 is 24.2 Å². The van der Waals surface area contributed by atoms with E-state index in [0.29, 0.717) is 40.9 Å². The zero-order chi connectivity index (χ0) is 17.7. The quantitative estimate of drug-likeness (QED) is 0.411. The zero-order valence-electron chi connectivity index (χ0n) is 13.4. The van der Waals surface area contributed by atoms with E-state index in [1.54, 1.807) is 12.1 Å². The van der Waals surface area contributed by atoms with Gasteiger partial charge in [-0.2, -0.15) is 0 Å². The number of alkyl halides is 1. The second-order valence-corrected chi connectivity index (χ2v) is 6.71. The number of carbonyl (C=O) groups excluding carboxylic acids is 1. The van der Waals surface area contributed by atoms with E-state index >= 15 is 0 Å². The largest absolute Gasteiger partial charge is 0.488 e. The number of hydrogen-bond donors (Lipinski definition) is 1. The van der Waals surface area contributed by atoms with Gasteiger partial charge in [-0.25, -0.2) is 4.98 Å². The first-order chi connectivity index (χ1) is 11.5. The first-order valence-electron chi connectivity index (χ1n) is 7.39. The number of ether oxygens (including phenoxy) is 2. The summed E-state index contributed by atoms with van der Waals surface area (Å²) in [6.07, 6.45) is 0.655. The number of thiophene rings is 1. The minimum atomic E-state index is -0.987. The van der Waals surface area contributed by atoms with Gasteiger partial charge in [-0.1, -0.05) is 6.92 Å². The topological polar surface area (TPSA) is 85.7 Å². The number of pyridine rings is 1. The van der Waals surface area contributed by atoms with Crippen LogP contribution in [0.2, 0.25) is 0 Å². The molecule has 0 aromatic carbocycles. The van der Waals surface area contributed by atoms with Gasteiger partial charge in [-0.05, 0) is 12.5 Å². The smallest absolute Gasteiger partial charge is 0.306 e. The molecule has 0 amide bonds. The highest BCUT2D eigenvalue weighted by atomic mass is 35.5. The number of Topliss-reactive ketones (excluding diaryl/α,β-unsaturated/α-hetero) is 1. The van der Waals surface area contributed by atoms with Crippen LogP contribution in [-0.4, -0.2) is 41.4 Å². The lowest BCUT2D eigenvalue weighted by atomic mass is 10.0. The van der Waals surface area contributed by atoms with Crippen LogP contribution in [0.5, 0.6) is 11.6 Å². The highest BCUT2D eigenvalue weighted by Gasteiger charge is 2.20. The Bertz CT molecular complexity index is 745. The molecule has 8 heteroatoms. The maximum atomic E-state index is 12.2. The number of hydrogen-bond acceptors (Lipinski definition) is 6. The van der Waals surface area contributed by atoms with Gasteiger partial charge >= 0.3 is 5.97 Å². The molecule has 1 atom stereocenters. The average Bonchev–Trinajstić information content (AvgIpc) is 2.97. The molecule has 0 unspecified atom stereocenters. The molecular weight excluding hydrogens is 354 g/mol. The first-order valence-corrected chi connectivity index (χ1v) is 8.74. The van der Waals surface area contributed by atoms with Crippen molar-refractivity contribution in [2.24, 2.45) is 5.92 Å². The summed E-state index contributed by atoms with van der Waals surface area (Å²) in [6.45, 7) is 1.96. The van der Waals surface area contributed by atoms with Gasteiger partial charge < -0.3 is 14.6 Å². The van der Waals surface area contributed by atoms with Crippen molar-refractivity contribution in [3.05, 3.63) is 17.0 Å². The summed E-state index contributed by atoms with van der Waals surface area (Å²) in [7, 11) is 1.50. The van der Waals surface area contributed by atoms with Crippen molar-refractivity contribution in [3.8, 4) is 11.6 Å². The summed E-state index contributed by atoms with van der Waals surface area (Å²) in [5, 5.41) is 8.92. The Balaban J connectivity index is 2.26. The number of carboxylic acid groups (broad SMARTS) is 1. The average molecular weight is 372 g/mol.